The maximum atomic E-state index is 12.1. The molecule has 0 bridgehead atoms. The van der Waals surface area contributed by atoms with Gasteiger partial charge in [-0.2, -0.15) is 0 Å². The number of methoxy groups -OCH3 is 1. The first-order chi connectivity index (χ1) is 12.0. The topological polar surface area (TPSA) is 64.6 Å². The van der Waals surface area contributed by atoms with Crippen LogP contribution in [-0.2, 0) is 9.53 Å². The Labute approximate surface area is 155 Å². The molecule has 0 aliphatic carbocycles. The van der Waals surface area contributed by atoms with Crippen LogP contribution in [0.3, 0.4) is 0 Å². The zero-order valence-corrected chi connectivity index (χ0v) is 15.7. The molecule has 2 aromatic rings. The van der Waals surface area contributed by atoms with E-state index in [4.69, 9.17) is 9.47 Å². The van der Waals surface area contributed by atoms with Gasteiger partial charge in [-0.15, -0.1) is 0 Å². The molecule has 0 saturated carbocycles. The third-order valence-corrected chi connectivity index (χ3v) is 4.18. The maximum absolute atomic E-state index is 12.1. The summed E-state index contributed by atoms with van der Waals surface area (Å²) in [5, 5.41) is 2.88. The van der Waals surface area contributed by atoms with Crippen LogP contribution in [0.2, 0.25) is 0 Å². The predicted octanol–water partition coefficient (Wildman–Crippen LogP) is 3.88. The van der Waals surface area contributed by atoms with Crippen molar-refractivity contribution in [1.29, 1.82) is 0 Å². The number of carbonyl (C=O) groups excluding carboxylic acids is 2. The number of hydrogen-bond acceptors (Lipinski definition) is 4. The molecule has 0 saturated heterocycles. The van der Waals surface area contributed by atoms with Crippen molar-refractivity contribution >= 4 is 27.8 Å². The quantitative estimate of drug-likeness (QED) is 0.709. The van der Waals surface area contributed by atoms with Crippen LogP contribution >= 0.6 is 15.9 Å². The van der Waals surface area contributed by atoms with Crippen LogP contribution < -0.4 is 10.1 Å². The van der Waals surface area contributed by atoms with E-state index in [1.165, 1.54) is 7.11 Å². The molecule has 5 nitrogen and oxygen atoms in total. The lowest BCUT2D eigenvalue weighted by atomic mass is 10.0. The predicted molar refractivity (Wildman–Crippen MR) is 98.6 cm³/mol. The van der Waals surface area contributed by atoms with Crippen molar-refractivity contribution in [3.8, 4) is 5.75 Å². The van der Waals surface area contributed by atoms with Crippen LogP contribution in [0.25, 0.3) is 0 Å². The van der Waals surface area contributed by atoms with Gasteiger partial charge in [0.25, 0.3) is 5.91 Å². The van der Waals surface area contributed by atoms with E-state index in [9.17, 15) is 9.59 Å². The van der Waals surface area contributed by atoms with E-state index in [2.05, 4.69) is 21.2 Å². The number of ether oxygens (including phenoxy) is 2. The molecule has 132 valence electrons. The molecule has 6 heteroatoms. The second-order valence-corrected chi connectivity index (χ2v) is 6.30. The molecule has 0 unspecified atom stereocenters. The highest BCUT2D eigenvalue weighted by atomic mass is 79.9. The highest BCUT2D eigenvalue weighted by Gasteiger charge is 2.15. The van der Waals surface area contributed by atoms with Gasteiger partial charge in [0.15, 0.2) is 6.61 Å². The summed E-state index contributed by atoms with van der Waals surface area (Å²) < 4.78 is 11.1. The monoisotopic (exact) mass is 405 g/mol. The Bertz CT molecular complexity index is 730. The van der Waals surface area contributed by atoms with Crippen molar-refractivity contribution in [1.82, 2.24) is 5.32 Å². The minimum atomic E-state index is -0.564. The van der Waals surface area contributed by atoms with Crippen molar-refractivity contribution < 1.29 is 19.1 Å². The summed E-state index contributed by atoms with van der Waals surface area (Å²) in [7, 11) is 1.52. The molecule has 0 aliphatic heterocycles. The van der Waals surface area contributed by atoms with Gasteiger partial charge < -0.3 is 14.8 Å². The SMILES string of the molecule is CC[C@H](NC(=O)COC(=O)c1cccc(OC)c1)c1ccc(Br)cc1. The first-order valence-electron chi connectivity index (χ1n) is 7.89. The van der Waals surface area contributed by atoms with E-state index >= 15 is 0 Å². The van der Waals surface area contributed by atoms with E-state index in [1.54, 1.807) is 24.3 Å². The molecule has 25 heavy (non-hydrogen) atoms. The van der Waals surface area contributed by atoms with Gasteiger partial charge in [0, 0.05) is 4.47 Å². The summed E-state index contributed by atoms with van der Waals surface area (Å²) >= 11 is 3.39. The summed E-state index contributed by atoms with van der Waals surface area (Å²) in [6.45, 7) is 1.65. The Kier molecular flexibility index (Phi) is 7.01. The molecular formula is C19H20BrNO4. The van der Waals surface area contributed by atoms with Crippen LogP contribution in [0.5, 0.6) is 5.75 Å². The van der Waals surface area contributed by atoms with E-state index in [-0.39, 0.29) is 18.6 Å². The van der Waals surface area contributed by atoms with Gasteiger partial charge in [-0.3, -0.25) is 4.79 Å². The van der Waals surface area contributed by atoms with Crippen LogP contribution in [0, 0.1) is 0 Å². The lowest BCUT2D eigenvalue weighted by Crippen LogP contribution is -2.32. The van der Waals surface area contributed by atoms with E-state index < -0.39 is 5.97 Å². The highest BCUT2D eigenvalue weighted by molar-refractivity contribution is 9.10. The first kappa shape index (κ1) is 19.0. The molecule has 0 aromatic heterocycles. The molecule has 1 atom stereocenters. The summed E-state index contributed by atoms with van der Waals surface area (Å²) in [6.07, 6.45) is 0.733. The molecule has 2 aromatic carbocycles. The second-order valence-electron chi connectivity index (χ2n) is 5.39. The average Bonchev–Trinajstić information content (AvgIpc) is 2.65. The molecule has 0 radical (unpaired) electrons. The van der Waals surface area contributed by atoms with Crippen LogP contribution in [-0.4, -0.2) is 25.6 Å². The molecule has 0 heterocycles. The van der Waals surface area contributed by atoms with Crippen molar-refractivity contribution in [3.05, 3.63) is 64.1 Å². The Morgan fingerprint density at radius 2 is 1.88 bits per heavy atom. The Hall–Kier alpha value is -2.34. The number of esters is 1. The van der Waals surface area contributed by atoms with E-state index in [0.717, 1.165) is 16.5 Å². The molecule has 0 aliphatic rings. The van der Waals surface area contributed by atoms with Gasteiger partial charge in [-0.25, -0.2) is 4.79 Å². The molecule has 0 fully saturated rings. The molecule has 0 spiro atoms. The lowest BCUT2D eigenvalue weighted by Gasteiger charge is -2.17. The Morgan fingerprint density at radius 3 is 2.52 bits per heavy atom. The number of halogens is 1. The van der Waals surface area contributed by atoms with Gasteiger partial charge in [0.1, 0.15) is 5.75 Å². The third kappa shape index (κ3) is 5.60. The molecule has 1 N–H and O–H groups in total. The van der Waals surface area contributed by atoms with Gasteiger partial charge in [-0.1, -0.05) is 41.1 Å². The number of rotatable bonds is 7. The number of nitrogens with one attached hydrogen (secondary N) is 1. The average molecular weight is 406 g/mol. The standard InChI is InChI=1S/C19H20BrNO4/c1-3-17(13-7-9-15(20)10-8-13)21-18(22)12-25-19(23)14-5-4-6-16(11-14)24-2/h4-11,17H,3,12H2,1-2H3,(H,21,22)/t17-/m0/s1. The number of carbonyl (C=O) groups is 2. The van der Waals surface area contributed by atoms with Gasteiger partial charge >= 0.3 is 5.97 Å². The molecule has 1 amide bonds. The second kappa shape index (κ2) is 9.22. The summed E-state index contributed by atoms with van der Waals surface area (Å²) in [5.74, 6) is -0.350. The number of amides is 1. The normalized spacial score (nSPS) is 11.5. The van der Waals surface area contributed by atoms with Crippen molar-refractivity contribution in [3.63, 3.8) is 0 Å². The van der Waals surface area contributed by atoms with Crippen molar-refractivity contribution in [2.45, 2.75) is 19.4 Å². The summed E-state index contributed by atoms with van der Waals surface area (Å²) in [5.41, 5.74) is 1.34. The Balaban J connectivity index is 1.90. The van der Waals surface area contributed by atoms with Crippen LogP contribution in [0.1, 0.15) is 35.3 Å². The fourth-order valence-electron chi connectivity index (χ4n) is 2.32. The smallest absolute Gasteiger partial charge is 0.338 e. The van der Waals surface area contributed by atoms with E-state index in [0.29, 0.717) is 11.3 Å². The van der Waals surface area contributed by atoms with Crippen molar-refractivity contribution in [2.24, 2.45) is 0 Å². The van der Waals surface area contributed by atoms with Crippen LogP contribution in [0.4, 0.5) is 0 Å². The Morgan fingerprint density at radius 1 is 1.16 bits per heavy atom. The van der Waals surface area contributed by atoms with Gasteiger partial charge in [0.05, 0.1) is 18.7 Å². The third-order valence-electron chi connectivity index (χ3n) is 3.66. The van der Waals surface area contributed by atoms with Gasteiger partial charge in [0.2, 0.25) is 0 Å². The maximum Gasteiger partial charge on any atom is 0.338 e. The fourth-order valence-corrected chi connectivity index (χ4v) is 2.58. The fraction of sp³-hybridized carbons (Fsp3) is 0.263. The summed E-state index contributed by atoms with van der Waals surface area (Å²) in [6, 6.07) is 14.2. The molecular weight excluding hydrogens is 386 g/mol. The van der Waals surface area contributed by atoms with Gasteiger partial charge in [-0.05, 0) is 42.3 Å². The van der Waals surface area contributed by atoms with Crippen LogP contribution in [0.15, 0.2) is 53.0 Å². The number of benzene rings is 2. The van der Waals surface area contributed by atoms with E-state index in [1.807, 2.05) is 31.2 Å². The lowest BCUT2D eigenvalue weighted by molar-refractivity contribution is -0.125. The zero-order valence-electron chi connectivity index (χ0n) is 14.1. The molecule has 2 rings (SSSR count). The summed E-state index contributed by atoms with van der Waals surface area (Å²) in [4.78, 5) is 24.1. The number of hydrogen-bond donors (Lipinski definition) is 1. The minimum Gasteiger partial charge on any atom is -0.497 e. The zero-order chi connectivity index (χ0) is 18.2. The van der Waals surface area contributed by atoms with Crippen molar-refractivity contribution in [2.75, 3.05) is 13.7 Å². The first-order valence-corrected chi connectivity index (χ1v) is 8.68. The minimum absolute atomic E-state index is 0.129. The largest absolute Gasteiger partial charge is 0.497 e. The highest BCUT2D eigenvalue weighted by Crippen LogP contribution is 2.19.